The molecule has 2 rings (SSSR count). The van der Waals surface area contributed by atoms with Crippen LogP contribution in [0.4, 0.5) is 5.69 Å². The summed E-state index contributed by atoms with van der Waals surface area (Å²) >= 11 is 6.01. The van der Waals surface area contributed by atoms with Crippen LogP contribution in [0.1, 0.15) is 24.2 Å². The maximum atomic E-state index is 12.9. The van der Waals surface area contributed by atoms with E-state index in [1.54, 1.807) is 55.9 Å². The second-order valence-corrected chi connectivity index (χ2v) is 6.12. The zero-order chi connectivity index (χ0) is 15.8. The molecule has 0 unspecified atom stereocenters. The first-order valence-corrected chi connectivity index (χ1v) is 7.21. The molecule has 6 heteroatoms. The fourth-order valence-electron chi connectivity index (χ4n) is 2.63. The van der Waals surface area contributed by atoms with Gasteiger partial charge in [-0.3, -0.25) is 9.59 Å². The third-order valence-electron chi connectivity index (χ3n) is 3.93. The molecule has 1 aromatic carbocycles. The predicted molar refractivity (Wildman–Crippen MR) is 83.8 cm³/mol. The summed E-state index contributed by atoms with van der Waals surface area (Å²) in [6.07, 6.45) is 0. The van der Waals surface area contributed by atoms with Crippen molar-refractivity contribution in [1.82, 2.24) is 9.80 Å². The molecule has 5 nitrogen and oxygen atoms in total. The van der Waals surface area contributed by atoms with E-state index in [4.69, 9.17) is 11.6 Å². The van der Waals surface area contributed by atoms with Crippen molar-refractivity contribution >= 4 is 29.1 Å². The third-order valence-corrected chi connectivity index (χ3v) is 4.17. The fourth-order valence-corrected chi connectivity index (χ4v) is 2.80. The lowest BCUT2D eigenvalue weighted by molar-refractivity contribution is -0.144. The summed E-state index contributed by atoms with van der Waals surface area (Å²) in [6.45, 7) is 4.58. The Kier molecular flexibility index (Phi) is 4.14. The molecular formula is C15H20ClN3O2. The van der Waals surface area contributed by atoms with E-state index in [1.165, 1.54) is 0 Å². The number of hydrogen-bond donors (Lipinski definition) is 1. The van der Waals surface area contributed by atoms with Gasteiger partial charge < -0.3 is 15.1 Å². The van der Waals surface area contributed by atoms with Crippen LogP contribution in [-0.2, 0) is 4.79 Å². The molecule has 1 aliphatic rings. The maximum Gasteiger partial charge on any atom is 0.256 e. The van der Waals surface area contributed by atoms with Crippen LogP contribution < -0.4 is 5.32 Å². The van der Waals surface area contributed by atoms with Crippen LogP contribution >= 0.6 is 11.6 Å². The average molecular weight is 310 g/mol. The SMILES string of the molecule is CNc1ccc(Cl)cc1C(=O)N1CCN(C)C(=O)C1(C)C. The Bertz CT molecular complexity index is 586. The minimum Gasteiger partial charge on any atom is -0.387 e. The summed E-state index contributed by atoms with van der Waals surface area (Å²) in [7, 11) is 3.50. The quantitative estimate of drug-likeness (QED) is 0.910. The second-order valence-electron chi connectivity index (χ2n) is 5.68. The van der Waals surface area contributed by atoms with Crippen molar-refractivity contribution in [3.05, 3.63) is 28.8 Å². The van der Waals surface area contributed by atoms with Gasteiger partial charge in [0.2, 0.25) is 5.91 Å². The van der Waals surface area contributed by atoms with E-state index >= 15 is 0 Å². The average Bonchev–Trinajstić information content (AvgIpc) is 2.44. The highest BCUT2D eigenvalue weighted by molar-refractivity contribution is 6.31. The number of halogens is 1. The van der Waals surface area contributed by atoms with Gasteiger partial charge in [-0.05, 0) is 32.0 Å². The highest BCUT2D eigenvalue weighted by Gasteiger charge is 2.43. The number of amides is 2. The van der Waals surface area contributed by atoms with Crippen LogP contribution in [0.3, 0.4) is 0 Å². The van der Waals surface area contributed by atoms with Gasteiger partial charge >= 0.3 is 0 Å². The van der Waals surface area contributed by atoms with Crippen LogP contribution in [0.25, 0.3) is 0 Å². The molecule has 0 atom stereocenters. The smallest absolute Gasteiger partial charge is 0.256 e. The summed E-state index contributed by atoms with van der Waals surface area (Å²) in [6, 6.07) is 5.12. The van der Waals surface area contributed by atoms with E-state index in [-0.39, 0.29) is 11.8 Å². The molecule has 0 bridgehead atoms. The molecule has 2 amide bonds. The molecule has 1 aromatic rings. The standard InChI is InChI=1S/C15H20ClN3O2/c1-15(2)14(21)18(4)7-8-19(15)13(20)11-9-10(16)5-6-12(11)17-3/h5-6,9,17H,7-8H2,1-4H3. The van der Waals surface area contributed by atoms with Gasteiger partial charge in [0, 0.05) is 37.9 Å². The Hall–Kier alpha value is -1.75. The van der Waals surface area contributed by atoms with Crippen molar-refractivity contribution in [1.29, 1.82) is 0 Å². The highest BCUT2D eigenvalue weighted by Crippen LogP contribution is 2.28. The van der Waals surface area contributed by atoms with Crippen molar-refractivity contribution in [3.63, 3.8) is 0 Å². The zero-order valence-electron chi connectivity index (χ0n) is 12.7. The number of benzene rings is 1. The molecule has 0 radical (unpaired) electrons. The van der Waals surface area contributed by atoms with Gasteiger partial charge in [-0.15, -0.1) is 0 Å². The van der Waals surface area contributed by atoms with Crippen molar-refractivity contribution in [2.45, 2.75) is 19.4 Å². The van der Waals surface area contributed by atoms with Crippen molar-refractivity contribution in [2.24, 2.45) is 0 Å². The largest absolute Gasteiger partial charge is 0.387 e. The minimum atomic E-state index is -0.864. The fraction of sp³-hybridized carbons (Fsp3) is 0.467. The molecular weight excluding hydrogens is 290 g/mol. The Morgan fingerprint density at radius 3 is 2.62 bits per heavy atom. The number of likely N-dealkylation sites (N-methyl/N-ethyl adjacent to an activating group) is 1. The number of carbonyl (C=O) groups is 2. The topological polar surface area (TPSA) is 52.7 Å². The first-order chi connectivity index (χ1) is 9.78. The van der Waals surface area contributed by atoms with Crippen LogP contribution in [0, 0.1) is 0 Å². The summed E-state index contributed by atoms with van der Waals surface area (Å²) in [4.78, 5) is 28.4. The number of hydrogen-bond acceptors (Lipinski definition) is 3. The van der Waals surface area contributed by atoms with Gasteiger partial charge in [0.15, 0.2) is 0 Å². The Morgan fingerprint density at radius 1 is 1.33 bits per heavy atom. The van der Waals surface area contributed by atoms with Crippen LogP contribution in [0.5, 0.6) is 0 Å². The van der Waals surface area contributed by atoms with E-state index < -0.39 is 5.54 Å². The van der Waals surface area contributed by atoms with Crippen LogP contribution in [0.2, 0.25) is 5.02 Å². The van der Waals surface area contributed by atoms with Crippen molar-refractivity contribution in [2.75, 3.05) is 32.5 Å². The van der Waals surface area contributed by atoms with Gasteiger partial charge in [0.1, 0.15) is 5.54 Å². The first kappa shape index (κ1) is 15.6. The molecule has 114 valence electrons. The summed E-state index contributed by atoms with van der Waals surface area (Å²) in [5.74, 6) is -0.247. The van der Waals surface area contributed by atoms with Crippen LogP contribution in [0.15, 0.2) is 18.2 Å². The van der Waals surface area contributed by atoms with E-state index in [2.05, 4.69) is 5.32 Å². The number of nitrogens with one attached hydrogen (secondary N) is 1. The second kappa shape index (κ2) is 5.56. The van der Waals surface area contributed by atoms with Gasteiger partial charge in [0.25, 0.3) is 5.91 Å². The molecule has 0 saturated carbocycles. The first-order valence-electron chi connectivity index (χ1n) is 6.84. The van der Waals surface area contributed by atoms with E-state index in [9.17, 15) is 9.59 Å². The Labute approximate surface area is 129 Å². The summed E-state index contributed by atoms with van der Waals surface area (Å²) in [5.41, 5.74) is 0.319. The normalized spacial score (nSPS) is 17.9. The number of anilines is 1. The Morgan fingerprint density at radius 2 is 2.00 bits per heavy atom. The van der Waals surface area contributed by atoms with Crippen molar-refractivity contribution < 1.29 is 9.59 Å². The summed E-state index contributed by atoms with van der Waals surface area (Å²) < 4.78 is 0. The summed E-state index contributed by atoms with van der Waals surface area (Å²) in [5, 5.41) is 3.48. The number of carbonyl (C=O) groups excluding carboxylic acids is 2. The highest BCUT2D eigenvalue weighted by atomic mass is 35.5. The molecule has 0 aliphatic carbocycles. The number of piperazine rings is 1. The molecule has 1 saturated heterocycles. The molecule has 1 heterocycles. The zero-order valence-corrected chi connectivity index (χ0v) is 13.5. The van der Waals surface area contributed by atoms with E-state index in [0.29, 0.717) is 29.4 Å². The maximum absolute atomic E-state index is 12.9. The van der Waals surface area contributed by atoms with E-state index in [0.717, 1.165) is 0 Å². The third kappa shape index (κ3) is 2.70. The molecule has 0 spiro atoms. The number of rotatable bonds is 2. The lowest BCUT2D eigenvalue weighted by Crippen LogP contribution is -2.63. The van der Waals surface area contributed by atoms with Gasteiger partial charge in [-0.1, -0.05) is 11.6 Å². The van der Waals surface area contributed by atoms with Gasteiger partial charge in [-0.2, -0.15) is 0 Å². The van der Waals surface area contributed by atoms with Crippen LogP contribution in [-0.4, -0.2) is 54.3 Å². The lowest BCUT2D eigenvalue weighted by Gasteiger charge is -2.44. The lowest BCUT2D eigenvalue weighted by atomic mass is 9.96. The Balaban J connectivity index is 2.40. The predicted octanol–water partition coefficient (Wildman–Crippen LogP) is 2.07. The minimum absolute atomic E-state index is 0.0601. The van der Waals surface area contributed by atoms with Gasteiger partial charge in [-0.25, -0.2) is 0 Å². The molecule has 0 aromatic heterocycles. The van der Waals surface area contributed by atoms with Crippen molar-refractivity contribution in [3.8, 4) is 0 Å². The van der Waals surface area contributed by atoms with Gasteiger partial charge in [0.05, 0.1) is 5.56 Å². The van der Waals surface area contributed by atoms with E-state index in [1.807, 2.05) is 0 Å². The molecule has 1 aliphatic heterocycles. The molecule has 21 heavy (non-hydrogen) atoms. The molecule has 1 fully saturated rings. The monoisotopic (exact) mass is 309 g/mol. The number of nitrogens with zero attached hydrogens (tertiary/aromatic N) is 2. The molecule has 1 N–H and O–H groups in total.